The molecule has 2 aromatic carbocycles. The van der Waals surface area contributed by atoms with Crippen molar-refractivity contribution in [2.75, 3.05) is 31.6 Å². The molecule has 0 radical (unpaired) electrons. The molecule has 1 N–H and O–H groups in total. The standard InChI is InChI=1S/C23H24BrN3O4/c24-18-7-5-16(6-8-18)22(28)17-9-12-27(13-10-17)11-2-14-30-23(29)26-20-3-1-4-21-19(20)15-25-31-21/h1,3-8,15,17H,2,9-14H2,(H,26,29). The van der Waals surface area contributed by atoms with Gasteiger partial charge in [0.15, 0.2) is 11.4 Å². The molecule has 1 fully saturated rings. The Morgan fingerprint density at radius 1 is 1.16 bits per heavy atom. The van der Waals surface area contributed by atoms with Crippen LogP contribution in [0.5, 0.6) is 0 Å². The molecule has 7 nitrogen and oxygen atoms in total. The first-order valence-electron chi connectivity index (χ1n) is 10.4. The molecule has 0 spiro atoms. The monoisotopic (exact) mass is 485 g/mol. The fourth-order valence-corrected chi connectivity index (χ4v) is 4.13. The zero-order valence-electron chi connectivity index (χ0n) is 17.1. The van der Waals surface area contributed by atoms with Gasteiger partial charge in [0.1, 0.15) is 0 Å². The number of ketones is 1. The SMILES string of the molecule is O=C(Nc1cccc2oncc12)OCCCN1CCC(C(=O)c2ccc(Br)cc2)CC1. The second kappa shape index (κ2) is 10.1. The average Bonchev–Trinajstić information content (AvgIpc) is 3.27. The van der Waals surface area contributed by atoms with E-state index in [4.69, 9.17) is 9.26 Å². The number of nitrogens with zero attached hydrogens (tertiary/aromatic N) is 2. The molecule has 2 heterocycles. The van der Waals surface area contributed by atoms with Crippen molar-refractivity contribution in [2.24, 2.45) is 5.92 Å². The zero-order chi connectivity index (χ0) is 21.6. The second-order valence-corrected chi connectivity index (χ2v) is 8.56. The van der Waals surface area contributed by atoms with Crippen LogP contribution in [0.2, 0.25) is 0 Å². The van der Waals surface area contributed by atoms with Gasteiger partial charge in [0.05, 0.1) is 23.9 Å². The van der Waals surface area contributed by atoms with Crippen molar-refractivity contribution in [3.8, 4) is 0 Å². The van der Waals surface area contributed by atoms with Gasteiger partial charge >= 0.3 is 6.09 Å². The first kappa shape index (κ1) is 21.5. The van der Waals surface area contributed by atoms with Crippen LogP contribution >= 0.6 is 15.9 Å². The number of hydrogen-bond donors (Lipinski definition) is 1. The van der Waals surface area contributed by atoms with E-state index in [1.54, 1.807) is 24.4 Å². The molecule has 0 saturated carbocycles. The van der Waals surface area contributed by atoms with E-state index in [2.05, 4.69) is 31.3 Å². The summed E-state index contributed by atoms with van der Waals surface area (Å²) in [6.45, 7) is 2.94. The number of carbonyl (C=O) groups is 2. The quantitative estimate of drug-likeness (QED) is 0.369. The van der Waals surface area contributed by atoms with Crippen molar-refractivity contribution in [3.05, 3.63) is 58.7 Å². The lowest BCUT2D eigenvalue weighted by Crippen LogP contribution is -2.37. The minimum atomic E-state index is -0.493. The van der Waals surface area contributed by atoms with E-state index in [0.717, 1.165) is 54.3 Å². The van der Waals surface area contributed by atoms with Crippen LogP contribution in [0, 0.1) is 5.92 Å². The molecule has 4 rings (SSSR count). The van der Waals surface area contributed by atoms with Crippen LogP contribution in [0.4, 0.5) is 10.5 Å². The number of ether oxygens (including phenoxy) is 1. The number of anilines is 1. The highest BCUT2D eigenvalue weighted by atomic mass is 79.9. The lowest BCUT2D eigenvalue weighted by molar-refractivity contribution is 0.0830. The van der Waals surface area contributed by atoms with Crippen LogP contribution < -0.4 is 5.32 Å². The summed E-state index contributed by atoms with van der Waals surface area (Å²) in [4.78, 5) is 27.0. The molecule has 1 aliphatic rings. The summed E-state index contributed by atoms with van der Waals surface area (Å²) in [5.41, 5.74) is 2.00. The fourth-order valence-electron chi connectivity index (χ4n) is 3.87. The number of benzene rings is 2. The van der Waals surface area contributed by atoms with Gasteiger partial charge in [0, 0.05) is 22.5 Å². The topological polar surface area (TPSA) is 84.7 Å². The molecule has 0 unspecified atom stereocenters. The van der Waals surface area contributed by atoms with Crippen molar-refractivity contribution in [1.82, 2.24) is 10.1 Å². The Labute approximate surface area is 188 Å². The smallest absolute Gasteiger partial charge is 0.411 e. The number of halogens is 1. The molecule has 1 amide bonds. The molecule has 1 aromatic heterocycles. The van der Waals surface area contributed by atoms with Crippen LogP contribution in [-0.2, 0) is 4.74 Å². The van der Waals surface area contributed by atoms with Crippen LogP contribution in [-0.4, -0.2) is 48.2 Å². The van der Waals surface area contributed by atoms with Gasteiger partial charge in [-0.2, -0.15) is 0 Å². The minimum Gasteiger partial charge on any atom is -0.449 e. The highest BCUT2D eigenvalue weighted by Gasteiger charge is 2.25. The molecular weight excluding hydrogens is 462 g/mol. The lowest BCUT2D eigenvalue weighted by Gasteiger charge is -2.31. The van der Waals surface area contributed by atoms with E-state index in [1.165, 1.54) is 0 Å². The predicted molar refractivity (Wildman–Crippen MR) is 121 cm³/mol. The van der Waals surface area contributed by atoms with Gasteiger partial charge in [-0.3, -0.25) is 10.1 Å². The molecule has 162 valence electrons. The summed E-state index contributed by atoms with van der Waals surface area (Å²) < 4.78 is 11.4. The Morgan fingerprint density at radius 3 is 2.71 bits per heavy atom. The molecular formula is C23H24BrN3O4. The Kier molecular flexibility index (Phi) is 6.99. The van der Waals surface area contributed by atoms with E-state index in [-0.39, 0.29) is 11.7 Å². The number of nitrogens with one attached hydrogen (secondary N) is 1. The van der Waals surface area contributed by atoms with Crippen LogP contribution in [0.3, 0.4) is 0 Å². The highest BCUT2D eigenvalue weighted by molar-refractivity contribution is 9.10. The maximum absolute atomic E-state index is 12.7. The number of amides is 1. The second-order valence-electron chi connectivity index (χ2n) is 7.64. The molecule has 0 atom stereocenters. The van der Waals surface area contributed by atoms with Gasteiger partial charge in [0.25, 0.3) is 0 Å². The van der Waals surface area contributed by atoms with Gasteiger partial charge in [-0.25, -0.2) is 4.79 Å². The molecule has 0 aliphatic carbocycles. The van der Waals surface area contributed by atoms with Gasteiger partial charge in [-0.05, 0) is 56.6 Å². The van der Waals surface area contributed by atoms with Crippen LogP contribution in [0.25, 0.3) is 11.0 Å². The van der Waals surface area contributed by atoms with Crippen molar-refractivity contribution in [2.45, 2.75) is 19.3 Å². The largest absolute Gasteiger partial charge is 0.449 e. The molecule has 0 bridgehead atoms. The maximum Gasteiger partial charge on any atom is 0.411 e. The number of aromatic nitrogens is 1. The third-order valence-electron chi connectivity index (χ3n) is 5.57. The summed E-state index contributed by atoms with van der Waals surface area (Å²) in [5.74, 6) is 0.314. The Balaban J connectivity index is 1.15. The fraction of sp³-hybridized carbons (Fsp3) is 0.348. The predicted octanol–water partition coefficient (Wildman–Crippen LogP) is 5.12. The summed E-state index contributed by atoms with van der Waals surface area (Å²) in [6, 6.07) is 12.9. The number of carbonyl (C=O) groups excluding carboxylic acids is 2. The average molecular weight is 486 g/mol. The zero-order valence-corrected chi connectivity index (χ0v) is 18.6. The first-order chi connectivity index (χ1) is 15.1. The van der Waals surface area contributed by atoms with Crippen molar-refractivity contribution in [3.63, 3.8) is 0 Å². The van der Waals surface area contributed by atoms with Gasteiger partial charge in [-0.15, -0.1) is 0 Å². The molecule has 3 aromatic rings. The van der Waals surface area contributed by atoms with Crippen LogP contribution in [0.15, 0.2) is 57.7 Å². The maximum atomic E-state index is 12.7. The molecule has 8 heteroatoms. The summed E-state index contributed by atoms with van der Waals surface area (Å²) in [7, 11) is 0. The van der Waals surface area contributed by atoms with Crippen molar-refractivity contribution < 1.29 is 18.8 Å². The first-order valence-corrected chi connectivity index (χ1v) is 11.2. The molecule has 31 heavy (non-hydrogen) atoms. The van der Waals surface area contributed by atoms with Gasteiger partial charge in [0.2, 0.25) is 0 Å². The summed E-state index contributed by atoms with van der Waals surface area (Å²) in [5, 5.41) is 7.21. The van der Waals surface area contributed by atoms with E-state index in [9.17, 15) is 9.59 Å². The van der Waals surface area contributed by atoms with E-state index < -0.39 is 6.09 Å². The normalized spacial score (nSPS) is 15.1. The van der Waals surface area contributed by atoms with Gasteiger partial charge in [-0.1, -0.05) is 39.3 Å². The Hall–Kier alpha value is -2.71. The highest BCUT2D eigenvalue weighted by Crippen LogP contribution is 2.24. The number of rotatable bonds is 7. The van der Waals surface area contributed by atoms with Crippen molar-refractivity contribution >= 4 is 44.5 Å². The van der Waals surface area contributed by atoms with E-state index >= 15 is 0 Å². The lowest BCUT2D eigenvalue weighted by atomic mass is 9.89. The minimum absolute atomic E-state index is 0.0829. The van der Waals surface area contributed by atoms with Gasteiger partial charge < -0.3 is 14.2 Å². The Bertz CT molecular complexity index is 1040. The summed E-state index contributed by atoms with van der Waals surface area (Å²) in [6.07, 6.45) is 3.54. The third-order valence-corrected chi connectivity index (χ3v) is 6.10. The number of piperidine rings is 1. The van der Waals surface area contributed by atoms with E-state index in [1.807, 2.05) is 24.3 Å². The van der Waals surface area contributed by atoms with Crippen molar-refractivity contribution in [1.29, 1.82) is 0 Å². The number of fused-ring (bicyclic) bond motifs is 1. The molecule has 1 aliphatic heterocycles. The number of hydrogen-bond acceptors (Lipinski definition) is 6. The number of likely N-dealkylation sites (tertiary alicyclic amines) is 1. The summed E-state index contributed by atoms with van der Waals surface area (Å²) >= 11 is 3.40. The van der Waals surface area contributed by atoms with E-state index in [0.29, 0.717) is 17.9 Å². The molecule has 1 saturated heterocycles. The third kappa shape index (κ3) is 5.51. The van der Waals surface area contributed by atoms with Crippen LogP contribution in [0.1, 0.15) is 29.6 Å². The Morgan fingerprint density at radius 2 is 1.94 bits per heavy atom. The number of Topliss-reactive ketones (excluding diaryl/α,β-unsaturated/α-hetero) is 1.